The fourth-order valence-electron chi connectivity index (χ4n) is 2.13. The highest BCUT2D eigenvalue weighted by molar-refractivity contribution is 7.21. The van der Waals surface area contributed by atoms with Crippen molar-refractivity contribution in [2.24, 2.45) is 0 Å². The lowest BCUT2D eigenvalue weighted by atomic mass is 10.2. The van der Waals surface area contributed by atoms with Gasteiger partial charge in [0.25, 0.3) is 5.91 Å². The Morgan fingerprint density at radius 2 is 1.82 bits per heavy atom. The van der Waals surface area contributed by atoms with Crippen molar-refractivity contribution in [1.82, 2.24) is 9.97 Å². The van der Waals surface area contributed by atoms with Crippen LogP contribution in [0.15, 0.2) is 24.3 Å². The number of thiophene rings is 1. The molecule has 2 aromatic heterocycles. The number of anilines is 1. The number of aryl methyl sites for hydroxylation is 2. The van der Waals surface area contributed by atoms with Crippen molar-refractivity contribution in [1.29, 1.82) is 0 Å². The van der Waals surface area contributed by atoms with E-state index in [9.17, 15) is 4.79 Å². The molecule has 7 heteroatoms. The van der Waals surface area contributed by atoms with E-state index in [0.717, 1.165) is 21.5 Å². The number of nitrogens with zero attached hydrogens (tertiary/aromatic N) is 2. The Kier molecular flexibility index (Phi) is 4.04. The van der Waals surface area contributed by atoms with E-state index < -0.39 is 0 Å². The number of hydrogen-bond acceptors (Lipinski definition) is 4. The van der Waals surface area contributed by atoms with Crippen molar-refractivity contribution in [3.63, 3.8) is 0 Å². The molecule has 2 heterocycles. The third kappa shape index (κ3) is 2.92. The largest absolute Gasteiger partial charge is 0.290 e. The maximum Gasteiger partial charge on any atom is 0.269 e. The molecule has 0 aliphatic carbocycles. The average molecular weight is 352 g/mol. The van der Waals surface area contributed by atoms with E-state index in [0.29, 0.717) is 14.9 Å². The molecule has 1 N–H and O–H groups in total. The highest BCUT2D eigenvalue weighted by Gasteiger charge is 2.18. The fourth-order valence-corrected chi connectivity index (χ4v) is 3.81. The Labute approximate surface area is 141 Å². The third-order valence-electron chi connectivity index (χ3n) is 3.01. The van der Waals surface area contributed by atoms with E-state index in [1.165, 1.54) is 11.3 Å². The van der Waals surface area contributed by atoms with Crippen LogP contribution in [0.1, 0.15) is 21.1 Å². The minimum absolute atomic E-state index is 0.272. The van der Waals surface area contributed by atoms with E-state index >= 15 is 0 Å². The van der Waals surface area contributed by atoms with Crippen molar-refractivity contribution in [3.05, 3.63) is 50.6 Å². The van der Waals surface area contributed by atoms with Crippen LogP contribution in [0, 0.1) is 13.8 Å². The summed E-state index contributed by atoms with van der Waals surface area (Å²) in [5.74, 6) is -0.0543. The monoisotopic (exact) mass is 351 g/mol. The Bertz CT molecular complexity index is 872. The van der Waals surface area contributed by atoms with Gasteiger partial charge >= 0.3 is 0 Å². The second kappa shape index (κ2) is 5.83. The van der Waals surface area contributed by atoms with Gasteiger partial charge in [0.2, 0.25) is 5.95 Å². The number of hydrogen-bond donors (Lipinski definition) is 1. The summed E-state index contributed by atoms with van der Waals surface area (Å²) in [4.78, 5) is 21.2. The second-order valence-corrected chi connectivity index (χ2v) is 6.68. The van der Waals surface area contributed by atoms with Crippen molar-refractivity contribution in [2.75, 3.05) is 5.32 Å². The normalized spacial score (nSPS) is 10.9. The Morgan fingerprint density at radius 3 is 2.50 bits per heavy atom. The summed E-state index contributed by atoms with van der Waals surface area (Å²) in [6.45, 7) is 3.69. The summed E-state index contributed by atoms with van der Waals surface area (Å²) in [5.41, 5.74) is 1.58. The lowest BCUT2D eigenvalue weighted by Gasteiger charge is -2.04. The molecular weight excluding hydrogens is 341 g/mol. The second-order valence-electron chi connectivity index (χ2n) is 4.81. The first-order valence-corrected chi connectivity index (χ1v) is 8.02. The molecule has 3 rings (SSSR count). The number of carbonyl (C=O) groups excluding carboxylic acids is 1. The molecule has 22 heavy (non-hydrogen) atoms. The van der Waals surface area contributed by atoms with E-state index in [1.54, 1.807) is 18.2 Å². The number of aromatic nitrogens is 2. The highest BCUT2D eigenvalue weighted by Crippen LogP contribution is 2.36. The van der Waals surface area contributed by atoms with Gasteiger partial charge in [-0.2, -0.15) is 0 Å². The lowest BCUT2D eigenvalue weighted by Crippen LogP contribution is -2.14. The van der Waals surface area contributed by atoms with Crippen molar-refractivity contribution in [3.8, 4) is 0 Å². The topological polar surface area (TPSA) is 54.9 Å². The van der Waals surface area contributed by atoms with Gasteiger partial charge in [0.05, 0.1) is 5.02 Å². The minimum atomic E-state index is -0.327. The van der Waals surface area contributed by atoms with Gasteiger partial charge in [0, 0.05) is 26.5 Å². The van der Waals surface area contributed by atoms with Gasteiger partial charge in [-0.15, -0.1) is 11.3 Å². The van der Waals surface area contributed by atoms with Crippen LogP contribution in [0.5, 0.6) is 0 Å². The van der Waals surface area contributed by atoms with E-state index in [2.05, 4.69) is 15.3 Å². The molecule has 0 fully saturated rings. The number of rotatable bonds is 2. The van der Waals surface area contributed by atoms with Gasteiger partial charge in [-0.05, 0) is 32.0 Å². The van der Waals surface area contributed by atoms with Crippen LogP contribution in [0.25, 0.3) is 10.1 Å². The van der Waals surface area contributed by atoms with Gasteiger partial charge in [-0.3, -0.25) is 10.1 Å². The van der Waals surface area contributed by atoms with Crippen LogP contribution in [0.2, 0.25) is 10.0 Å². The molecule has 1 amide bonds. The maximum atomic E-state index is 12.4. The van der Waals surface area contributed by atoms with Crippen molar-refractivity contribution in [2.45, 2.75) is 13.8 Å². The molecule has 0 unspecified atom stereocenters. The maximum absolute atomic E-state index is 12.4. The van der Waals surface area contributed by atoms with Gasteiger partial charge in [-0.25, -0.2) is 9.97 Å². The molecule has 1 aromatic carbocycles. The molecule has 0 saturated carbocycles. The van der Waals surface area contributed by atoms with Crippen LogP contribution < -0.4 is 5.32 Å². The predicted octanol–water partition coefficient (Wildman–Crippen LogP) is 4.87. The first-order valence-electron chi connectivity index (χ1n) is 6.45. The zero-order valence-electron chi connectivity index (χ0n) is 11.8. The Morgan fingerprint density at radius 1 is 1.14 bits per heavy atom. The molecule has 0 bridgehead atoms. The summed E-state index contributed by atoms with van der Waals surface area (Å²) >= 11 is 13.6. The molecule has 3 aromatic rings. The van der Waals surface area contributed by atoms with Crippen molar-refractivity contribution >= 4 is 56.5 Å². The molecule has 0 radical (unpaired) electrons. The SMILES string of the molecule is Cc1cc(C)nc(NC(=O)c2sc3cc(Cl)ccc3c2Cl)n1. The summed E-state index contributed by atoms with van der Waals surface area (Å²) in [6.07, 6.45) is 0. The van der Waals surface area contributed by atoms with Crippen LogP contribution in [-0.2, 0) is 0 Å². The van der Waals surface area contributed by atoms with Crippen LogP contribution >= 0.6 is 34.5 Å². The van der Waals surface area contributed by atoms with Crippen LogP contribution in [0.4, 0.5) is 5.95 Å². The first-order chi connectivity index (χ1) is 10.4. The van der Waals surface area contributed by atoms with Gasteiger partial charge in [-0.1, -0.05) is 29.3 Å². The summed E-state index contributed by atoms with van der Waals surface area (Å²) in [5, 5.41) is 4.52. The smallest absolute Gasteiger partial charge is 0.269 e. The van der Waals surface area contributed by atoms with E-state index in [4.69, 9.17) is 23.2 Å². The number of nitrogens with one attached hydrogen (secondary N) is 1. The standard InChI is InChI=1S/C15H11Cl2N3OS/c1-7-5-8(2)19-15(18-7)20-14(21)13-12(17)10-4-3-9(16)6-11(10)22-13/h3-6H,1-2H3,(H,18,19,20,21). The molecule has 0 saturated heterocycles. The van der Waals surface area contributed by atoms with Gasteiger partial charge in [0.1, 0.15) is 4.88 Å². The van der Waals surface area contributed by atoms with Crippen LogP contribution in [0.3, 0.4) is 0 Å². The highest BCUT2D eigenvalue weighted by atomic mass is 35.5. The number of benzene rings is 1. The molecule has 4 nitrogen and oxygen atoms in total. The van der Waals surface area contributed by atoms with Gasteiger partial charge < -0.3 is 0 Å². The minimum Gasteiger partial charge on any atom is -0.290 e. The number of fused-ring (bicyclic) bond motifs is 1. The first kappa shape index (κ1) is 15.2. The summed E-state index contributed by atoms with van der Waals surface area (Å²) in [7, 11) is 0. The molecular formula is C15H11Cl2N3OS. The molecule has 0 atom stereocenters. The summed E-state index contributed by atoms with van der Waals surface area (Å²) in [6, 6.07) is 7.18. The Balaban J connectivity index is 1.96. The Hall–Kier alpha value is -1.69. The zero-order chi connectivity index (χ0) is 15.9. The molecule has 0 spiro atoms. The van der Waals surface area contributed by atoms with Gasteiger partial charge in [0.15, 0.2) is 0 Å². The molecule has 0 aliphatic heterocycles. The molecule has 0 aliphatic rings. The predicted molar refractivity (Wildman–Crippen MR) is 91.3 cm³/mol. The van der Waals surface area contributed by atoms with Crippen LogP contribution in [-0.4, -0.2) is 15.9 Å². The number of halogens is 2. The lowest BCUT2D eigenvalue weighted by molar-refractivity contribution is 0.103. The number of amides is 1. The third-order valence-corrected chi connectivity index (χ3v) is 4.90. The van der Waals surface area contributed by atoms with Crippen molar-refractivity contribution < 1.29 is 4.79 Å². The van der Waals surface area contributed by atoms with E-state index in [1.807, 2.05) is 19.9 Å². The fraction of sp³-hybridized carbons (Fsp3) is 0.133. The average Bonchev–Trinajstić information content (AvgIpc) is 2.74. The quantitative estimate of drug-likeness (QED) is 0.716. The van der Waals surface area contributed by atoms with E-state index in [-0.39, 0.29) is 11.9 Å². The zero-order valence-corrected chi connectivity index (χ0v) is 14.1. The molecule has 112 valence electrons. The summed E-state index contributed by atoms with van der Waals surface area (Å²) < 4.78 is 0.865. The number of carbonyl (C=O) groups is 1.